The number of anilines is 1. The lowest BCUT2D eigenvalue weighted by molar-refractivity contribution is 0.0796. The number of hydrogen-bond donors (Lipinski definition) is 1. The molecular weight excluding hydrogens is 294 g/mol. The monoisotopic (exact) mass is 309 g/mol. The van der Waals surface area contributed by atoms with E-state index in [1.54, 1.807) is 0 Å². The van der Waals surface area contributed by atoms with Crippen LogP contribution in [0.3, 0.4) is 0 Å². The molecule has 1 fully saturated rings. The first-order valence-electron chi connectivity index (χ1n) is 6.18. The topological polar surface area (TPSA) is 52.5 Å². The third kappa shape index (κ3) is 1.91. The van der Waals surface area contributed by atoms with Crippen molar-refractivity contribution in [1.29, 1.82) is 0 Å². The summed E-state index contributed by atoms with van der Waals surface area (Å²) >= 11 is 3.49. The van der Waals surface area contributed by atoms with Crippen molar-refractivity contribution in [2.24, 2.45) is 0 Å². The summed E-state index contributed by atoms with van der Waals surface area (Å²) in [6.45, 7) is 3.64. The molecule has 2 aromatic heterocycles. The van der Waals surface area contributed by atoms with Gasteiger partial charge in [-0.05, 0) is 47.3 Å². The molecule has 3 rings (SSSR count). The van der Waals surface area contributed by atoms with Crippen molar-refractivity contribution in [2.75, 3.05) is 18.9 Å². The first-order valence-corrected chi connectivity index (χ1v) is 6.97. The van der Waals surface area contributed by atoms with E-state index in [4.69, 9.17) is 15.5 Å². The summed E-state index contributed by atoms with van der Waals surface area (Å²) in [7, 11) is 0. The Bertz CT molecular complexity index is 587. The Hall–Kier alpha value is -1.07. The number of imidazole rings is 1. The van der Waals surface area contributed by atoms with Crippen LogP contribution < -0.4 is 5.73 Å². The zero-order valence-electron chi connectivity index (χ0n) is 10.3. The Labute approximate surface area is 114 Å². The Morgan fingerprint density at radius 3 is 3.11 bits per heavy atom. The van der Waals surface area contributed by atoms with E-state index < -0.39 is 0 Å². The van der Waals surface area contributed by atoms with Crippen LogP contribution in [0.2, 0.25) is 0 Å². The van der Waals surface area contributed by atoms with E-state index >= 15 is 0 Å². The highest BCUT2D eigenvalue weighted by molar-refractivity contribution is 9.10. The highest BCUT2D eigenvalue weighted by atomic mass is 79.9. The molecule has 3 heterocycles. The van der Waals surface area contributed by atoms with E-state index in [9.17, 15) is 0 Å². The van der Waals surface area contributed by atoms with E-state index in [-0.39, 0.29) is 0 Å². The molecule has 0 spiro atoms. The van der Waals surface area contributed by atoms with Gasteiger partial charge >= 0.3 is 0 Å². The Kier molecular flexibility index (Phi) is 3.03. The first-order chi connectivity index (χ1) is 8.66. The molecule has 4 nitrogen and oxygen atoms in total. The van der Waals surface area contributed by atoms with Gasteiger partial charge in [-0.1, -0.05) is 0 Å². The average Bonchev–Trinajstić information content (AvgIpc) is 2.69. The van der Waals surface area contributed by atoms with Crippen molar-refractivity contribution in [1.82, 2.24) is 9.38 Å². The first kappa shape index (κ1) is 12.0. The number of hydrogen-bond acceptors (Lipinski definition) is 3. The van der Waals surface area contributed by atoms with Gasteiger partial charge in [0, 0.05) is 23.2 Å². The molecule has 0 bridgehead atoms. The SMILES string of the molecule is Cc1cc(Br)cn2c(N)c(C3CCCOC3)nc12. The lowest BCUT2D eigenvalue weighted by atomic mass is 9.99. The Morgan fingerprint density at radius 1 is 1.56 bits per heavy atom. The van der Waals surface area contributed by atoms with Gasteiger partial charge in [0.2, 0.25) is 0 Å². The van der Waals surface area contributed by atoms with Crippen molar-refractivity contribution >= 4 is 27.4 Å². The van der Waals surface area contributed by atoms with Crippen LogP contribution in [-0.2, 0) is 4.74 Å². The highest BCUT2D eigenvalue weighted by Gasteiger charge is 2.23. The van der Waals surface area contributed by atoms with Gasteiger partial charge in [-0.15, -0.1) is 0 Å². The summed E-state index contributed by atoms with van der Waals surface area (Å²) in [5.41, 5.74) is 9.28. The van der Waals surface area contributed by atoms with Crippen LogP contribution in [0.5, 0.6) is 0 Å². The summed E-state index contributed by atoms with van der Waals surface area (Å²) < 4.78 is 8.51. The maximum absolute atomic E-state index is 6.23. The molecule has 96 valence electrons. The molecule has 0 aliphatic carbocycles. The molecule has 0 radical (unpaired) electrons. The second-order valence-electron chi connectivity index (χ2n) is 4.83. The lowest BCUT2D eigenvalue weighted by Crippen LogP contribution is -2.17. The van der Waals surface area contributed by atoms with Crippen LogP contribution in [0.4, 0.5) is 5.82 Å². The molecule has 0 aromatic carbocycles. The maximum Gasteiger partial charge on any atom is 0.141 e. The van der Waals surface area contributed by atoms with Crippen molar-refractivity contribution in [2.45, 2.75) is 25.7 Å². The fraction of sp³-hybridized carbons (Fsp3) is 0.462. The minimum atomic E-state index is 0.330. The minimum Gasteiger partial charge on any atom is -0.383 e. The van der Waals surface area contributed by atoms with Crippen molar-refractivity contribution < 1.29 is 4.74 Å². The van der Waals surface area contributed by atoms with E-state index in [0.717, 1.165) is 53.3 Å². The smallest absolute Gasteiger partial charge is 0.141 e. The lowest BCUT2D eigenvalue weighted by Gasteiger charge is -2.20. The molecule has 1 atom stereocenters. The summed E-state index contributed by atoms with van der Waals surface area (Å²) in [5, 5.41) is 0. The summed E-state index contributed by atoms with van der Waals surface area (Å²) in [4.78, 5) is 4.71. The van der Waals surface area contributed by atoms with Crippen LogP contribution in [0.1, 0.15) is 30.0 Å². The highest BCUT2D eigenvalue weighted by Crippen LogP contribution is 2.31. The van der Waals surface area contributed by atoms with Crippen LogP contribution in [0.25, 0.3) is 5.65 Å². The van der Waals surface area contributed by atoms with Crippen LogP contribution >= 0.6 is 15.9 Å². The van der Waals surface area contributed by atoms with Gasteiger partial charge in [0.1, 0.15) is 11.5 Å². The molecule has 5 heteroatoms. The number of nitrogens with two attached hydrogens (primary N) is 1. The maximum atomic E-state index is 6.23. The zero-order valence-corrected chi connectivity index (χ0v) is 11.9. The number of fused-ring (bicyclic) bond motifs is 1. The van der Waals surface area contributed by atoms with E-state index in [2.05, 4.69) is 22.0 Å². The Morgan fingerprint density at radius 2 is 2.39 bits per heavy atom. The molecule has 2 aromatic rings. The molecule has 0 amide bonds. The normalized spacial score (nSPS) is 20.4. The van der Waals surface area contributed by atoms with Crippen LogP contribution in [0.15, 0.2) is 16.7 Å². The van der Waals surface area contributed by atoms with Crippen LogP contribution in [-0.4, -0.2) is 22.6 Å². The summed E-state index contributed by atoms with van der Waals surface area (Å²) in [5.74, 6) is 1.07. The Balaban J connectivity index is 2.13. The van der Waals surface area contributed by atoms with Gasteiger partial charge in [-0.3, -0.25) is 4.40 Å². The molecule has 0 saturated carbocycles. The number of pyridine rings is 1. The summed E-state index contributed by atoms with van der Waals surface area (Å²) in [6.07, 6.45) is 4.16. The number of nitrogen functional groups attached to an aromatic ring is 1. The molecule has 1 saturated heterocycles. The molecular formula is C13H16BrN3O. The number of ether oxygens (including phenoxy) is 1. The van der Waals surface area contributed by atoms with Gasteiger partial charge in [0.15, 0.2) is 0 Å². The minimum absolute atomic E-state index is 0.330. The molecule has 1 aliphatic rings. The second-order valence-corrected chi connectivity index (χ2v) is 5.75. The molecule has 1 aliphatic heterocycles. The molecule has 2 N–H and O–H groups in total. The zero-order chi connectivity index (χ0) is 12.7. The average molecular weight is 310 g/mol. The van der Waals surface area contributed by atoms with Crippen molar-refractivity contribution in [3.05, 3.63) is 28.0 Å². The predicted molar refractivity (Wildman–Crippen MR) is 74.8 cm³/mol. The molecule has 1 unspecified atom stereocenters. The second kappa shape index (κ2) is 4.55. The number of rotatable bonds is 1. The van der Waals surface area contributed by atoms with Crippen LogP contribution in [0, 0.1) is 6.92 Å². The van der Waals surface area contributed by atoms with Gasteiger partial charge in [-0.2, -0.15) is 0 Å². The third-order valence-corrected chi connectivity index (χ3v) is 3.92. The van der Waals surface area contributed by atoms with Crippen molar-refractivity contribution in [3.8, 4) is 0 Å². The van der Waals surface area contributed by atoms with Gasteiger partial charge < -0.3 is 10.5 Å². The van der Waals surface area contributed by atoms with Gasteiger partial charge in [-0.25, -0.2) is 4.98 Å². The number of aryl methyl sites for hydroxylation is 1. The van der Waals surface area contributed by atoms with E-state index in [1.165, 1.54) is 0 Å². The fourth-order valence-corrected chi connectivity index (χ4v) is 3.11. The predicted octanol–water partition coefficient (Wildman–Crippen LogP) is 2.88. The van der Waals surface area contributed by atoms with Gasteiger partial charge in [0.05, 0.1) is 12.3 Å². The van der Waals surface area contributed by atoms with E-state index in [0.29, 0.717) is 5.92 Å². The summed E-state index contributed by atoms with van der Waals surface area (Å²) in [6, 6.07) is 2.06. The van der Waals surface area contributed by atoms with E-state index in [1.807, 2.05) is 17.5 Å². The largest absolute Gasteiger partial charge is 0.383 e. The van der Waals surface area contributed by atoms with Crippen molar-refractivity contribution in [3.63, 3.8) is 0 Å². The quantitative estimate of drug-likeness (QED) is 0.881. The number of halogens is 1. The third-order valence-electron chi connectivity index (χ3n) is 3.48. The number of aromatic nitrogens is 2. The number of nitrogens with zero attached hydrogens (tertiary/aromatic N) is 2. The fourth-order valence-electron chi connectivity index (χ4n) is 2.56. The molecule has 18 heavy (non-hydrogen) atoms. The standard InChI is InChI=1S/C13H16BrN3O/c1-8-5-10(14)6-17-12(15)11(16-13(8)17)9-3-2-4-18-7-9/h5-6,9H,2-4,7,15H2,1H3. The van der Waals surface area contributed by atoms with Gasteiger partial charge in [0.25, 0.3) is 0 Å².